The summed E-state index contributed by atoms with van der Waals surface area (Å²) in [4.78, 5) is 20.8. The summed E-state index contributed by atoms with van der Waals surface area (Å²) >= 11 is 0. The Kier molecular flexibility index (Phi) is 7.45. The van der Waals surface area contributed by atoms with Gasteiger partial charge in [0, 0.05) is 24.7 Å². The molecule has 0 radical (unpaired) electrons. The molecule has 0 bridgehead atoms. The minimum Gasteiger partial charge on any atom is -0.478 e. The zero-order valence-electron chi connectivity index (χ0n) is 22.2. The third-order valence-electron chi connectivity index (χ3n) is 7.24. The highest BCUT2D eigenvalue weighted by Crippen LogP contribution is 2.27. The van der Waals surface area contributed by atoms with Gasteiger partial charge < -0.3 is 24.3 Å². The third kappa shape index (κ3) is 5.82. The van der Waals surface area contributed by atoms with E-state index >= 15 is 4.39 Å². The van der Waals surface area contributed by atoms with Gasteiger partial charge in [-0.25, -0.2) is 19.2 Å². The molecule has 208 valence electrons. The van der Waals surface area contributed by atoms with Crippen LogP contribution < -0.4 is 4.74 Å². The molecule has 1 aliphatic rings. The average Bonchev–Trinajstić information content (AvgIpc) is 3.30. The maximum Gasteiger partial charge on any atom is 0.335 e. The number of fused-ring (bicyclic) bond motifs is 1. The van der Waals surface area contributed by atoms with Gasteiger partial charge in [0.05, 0.1) is 41.5 Å². The van der Waals surface area contributed by atoms with Crippen LogP contribution in [0.15, 0.2) is 78.9 Å². The molecule has 3 heterocycles. The second-order valence-electron chi connectivity index (χ2n) is 10.0. The van der Waals surface area contributed by atoms with Gasteiger partial charge >= 0.3 is 5.97 Å². The smallest absolute Gasteiger partial charge is 0.335 e. The molecule has 1 saturated heterocycles. The molecule has 0 amide bonds. The van der Waals surface area contributed by atoms with Crippen LogP contribution in [0, 0.1) is 5.82 Å². The van der Waals surface area contributed by atoms with Crippen molar-refractivity contribution in [2.45, 2.75) is 38.7 Å². The number of aromatic carboxylic acids is 1. The number of aromatic nitrogens is 3. The van der Waals surface area contributed by atoms with Crippen LogP contribution in [0.5, 0.6) is 5.88 Å². The first-order valence-electron chi connectivity index (χ1n) is 13.4. The third-order valence-corrected chi connectivity index (χ3v) is 7.24. The Hall–Kier alpha value is -4.60. The van der Waals surface area contributed by atoms with Crippen LogP contribution in [-0.4, -0.2) is 43.4 Å². The predicted octanol–water partition coefficient (Wildman–Crippen LogP) is 5.39. The molecule has 8 nitrogen and oxygen atoms in total. The normalized spacial score (nSPS) is 14.6. The van der Waals surface area contributed by atoms with Crippen LogP contribution in [0.2, 0.25) is 0 Å². The lowest BCUT2D eigenvalue weighted by Crippen LogP contribution is -2.31. The number of imidazole rings is 1. The molecular formula is C32H28FN3O5. The standard InChI is InChI=1S/C32H28FN3O5/c33-26-14-22(15-30-34-28-11-9-23(32(38)39)16-29(28)36(30)17-24-12-13-40-24)8-10-25(26)27-2-1-3-31(35-27)41-19-21-6-4-20(18-37)5-7-21/h1-11,14,16,24,37H,12-13,15,17-19H2,(H,38,39)/t24-/m0/s1. The van der Waals surface area contributed by atoms with E-state index in [1.165, 1.54) is 12.1 Å². The highest BCUT2D eigenvalue weighted by molar-refractivity contribution is 5.92. The Morgan fingerprint density at radius 1 is 1.00 bits per heavy atom. The summed E-state index contributed by atoms with van der Waals surface area (Å²) < 4.78 is 28.8. The van der Waals surface area contributed by atoms with Gasteiger partial charge in [0.1, 0.15) is 18.2 Å². The largest absolute Gasteiger partial charge is 0.478 e. The summed E-state index contributed by atoms with van der Waals surface area (Å²) in [6, 6.07) is 22.6. The van der Waals surface area contributed by atoms with Gasteiger partial charge in [-0.2, -0.15) is 0 Å². The first-order valence-corrected chi connectivity index (χ1v) is 13.4. The number of aliphatic hydroxyl groups excluding tert-OH is 1. The minimum absolute atomic E-state index is 0.0157. The average molecular weight is 554 g/mol. The molecule has 0 spiro atoms. The fourth-order valence-electron chi connectivity index (χ4n) is 4.88. The van der Waals surface area contributed by atoms with Gasteiger partial charge in [-0.3, -0.25) is 0 Å². The Bertz CT molecular complexity index is 1710. The quantitative estimate of drug-likeness (QED) is 0.239. The lowest BCUT2D eigenvalue weighted by atomic mass is 10.1. The number of carboxylic acids is 1. The van der Waals surface area contributed by atoms with E-state index in [0.29, 0.717) is 54.7 Å². The highest BCUT2D eigenvalue weighted by atomic mass is 19.1. The van der Waals surface area contributed by atoms with Gasteiger partial charge in [0.25, 0.3) is 0 Å². The summed E-state index contributed by atoms with van der Waals surface area (Å²) in [5.74, 6) is -0.320. The number of benzene rings is 3. The number of carbonyl (C=O) groups is 1. The second kappa shape index (κ2) is 11.5. The molecule has 0 aliphatic carbocycles. The number of hydrogen-bond donors (Lipinski definition) is 2. The molecule has 2 aromatic heterocycles. The van der Waals surface area contributed by atoms with Crippen LogP contribution >= 0.6 is 0 Å². The minimum atomic E-state index is -1.00. The first-order chi connectivity index (χ1) is 20.0. The number of ether oxygens (including phenoxy) is 2. The van der Waals surface area contributed by atoms with E-state index in [1.54, 1.807) is 36.4 Å². The topological polar surface area (TPSA) is 107 Å². The zero-order chi connectivity index (χ0) is 28.3. The van der Waals surface area contributed by atoms with Crippen molar-refractivity contribution in [2.24, 2.45) is 0 Å². The molecule has 41 heavy (non-hydrogen) atoms. The predicted molar refractivity (Wildman–Crippen MR) is 150 cm³/mol. The van der Waals surface area contributed by atoms with Gasteiger partial charge in [0.2, 0.25) is 5.88 Å². The lowest BCUT2D eigenvalue weighted by Gasteiger charge is -2.27. The molecule has 1 atom stereocenters. The summed E-state index contributed by atoms with van der Waals surface area (Å²) in [6.45, 7) is 1.54. The number of hydrogen-bond acceptors (Lipinski definition) is 6. The van der Waals surface area contributed by atoms with E-state index in [4.69, 9.17) is 14.5 Å². The molecule has 6 rings (SSSR count). The van der Waals surface area contributed by atoms with Crippen molar-refractivity contribution < 1.29 is 28.9 Å². The fourth-order valence-corrected chi connectivity index (χ4v) is 4.88. The van der Waals surface area contributed by atoms with Crippen molar-refractivity contribution in [3.8, 4) is 17.1 Å². The molecular weight excluding hydrogens is 525 g/mol. The summed E-state index contributed by atoms with van der Waals surface area (Å²) in [6.07, 6.45) is 1.33. The Labute approximate surface area is 235 Å². The molecule has 1 fully saturated rings. The molecule has 1 aliphatic heterocycles. The van der Waals surface area contributed by atoms with Gasteiger partial charge in [-0.1, -0.05) is 36.4 Å². The van der Waals surface area contributed by atoms with Crippen LogP contribution in [0.25, 0.3) is 22.3 Å². The van der Waals surface area contributed by atoms with Crippen molar-refractivity contribution in [3.63, 3.8) is 0 Å². The fraction of sp³-hybridized carbons (Fsp3) is 0.219. The molecule has 3 aromatic carbocycles. The number of halogens is 1. The maximum absolute atomic E-state index is 15.4. The van der Waals surface area contributed by atoms with Gasteiger partial charge in [0.15, 0.2) is 0 Å². The monoisotopic (exact) mass is 553 g/mol. The van der Waals surface area contributed by atoms with E-state index in [1.807, 2.05) is 34.9 Å². The van der Waals surface area contributed by atoms with Crippen LogP contribution in [0.4, 0.5) is 4.39 Å². The molecule has 5 aromatic rings. The van der Waals surface area contributed by atoms with E-state index in [9.17, 15) is 15.0 Å². The van der Waals surface area contributed by atoms with E-state index < -0.39 is 11.8 Å². The number of pyridine rings is 1. The lowest BCUT2D eigenvalue weighted by molar-refractivity contribution is -0.0589. The van der Waals surface area contributed by atoms with Crippen molar-refractivity contribution in [1.82, 2.24) is 14.5 Å². The highest BCUT2D eigenvalue weighted by Gasteiger charge is 2.23. The molecule has 2 N–H and O–H groups in total. The maximum atomic E-state index is 15.4. The summed E-state index contributed by atoms with van der Waals surface area (Å²) in [5, 5.41) is 18.7. The van der Waals surface area contributed by atoms with Crippen LogP contribution in [-0.2, 0) is 30.9 Å². The molecule has 9 heteroatoms. The second-order valence-corrected chi connectivity index (χ2v) is 10.0. The number of nitrogens with zero attached hydrogens (tertiary/aromatic N) is 3. The first kappa shape index (κ1) is 26.6. The van der Waals surface area contributed by atoms with Crippen molar-refractivity contribution in [3.05, 3.63) is 113 Å². The number of rotatable bonds is 10. The summed E-state index contributed by atoms with van der Waals surface area (Å²) in [7, 11) is 0. The zero-order valence-corrected chi connectivity index (χ0v) is 22.2. The van der Waals surface area contributed by atoms with Crippen LogP contribution in [0.1, 0.15) is 39.3 Å². The Balaban J connectivity index is 1.22. The van der Waals surface area contributed by atoms with E-state index in [0.717, 1.165) is 28.6 Å². The van der Waals surface area contributed by atoms with Gasteiger partial charge in [-0.05, 0) is 59.5 Å². The van der Waals surface area contributed by atoms with E-state index in [2.05, 4.69) is 4.98 Å². The number of aliphatic hydroxyl groups is 1. The Morgan fingerprint density at radius 3 is 2.49 bits per heavy atom. The van der Waals surface area contributed by atoms with Gasteiger partial charge in [-0.15, -0.1) is 0 Å². The number of carboxylic acid groups (broad SMARTS) is 1. The summed E-state index contributed by atoms with van der Waals surface area (Å²) in [5.41, 5.74) is 4.89. The molecule has 0 unspecified atom stereocenters. The van der Waals surface area contributed by atoms with Crippen molar-refractivity contribution >= 4 is 17.0 Å². The van der Waals surface area contributed by atoms with Crippen LogP contribution in [0.3, 0.4) is 0 Å². The van der Waals surface area contributed by atoms with Crippen molar-refractivity contribution in [2.75, 3.05) is 6.61 Å². The van der Waals surface area contributed by atoms with E-state index in [-0.39, 0.29) is 18.3 Å². The Morgan fingerprint density at radius 2 is 1.78 bits per heavy atom. The molecule has 0 saturated carbocycles. The SMILES string of the molecule is O=C(O)c1ccc2nc(Cc3ccc(-c4cccc(OCc5ccc(CO)cc5)n4)c(F)c3)n(C[C@@H]3CCO3)c2c1. The van der Waals surface area contributed by atoms with Crippen molar-refractivity contribution in [1.29, 1.82) is 0 Å².